The predicted octanol–water partition coefficient (Wildman–Crippen LogP) is 0.144. The van der Waals surface area contributed by atoms with Gasteiger partial charge in [-0.3, -0.25) is 9.59 Å². The van der Waals surface area contributed by atoms with Gasteiger partial charge in [0, 0.05) is 6.26 Å². The van der Waals surface area contributed by atoms with E-state index in [9.17, 15) is 18.0 Å². The number of sulfone groups is 1. The lowest BCUT2D eigenvalue weighted by Gasteiger charge is -2.08. The standard InChI is InChI=1S/C10H12N2O5S/c1-6(10(14)15)9(13)12-7-3-4-8(11-5-7)18(2,16)17/h3-6H,1-2H3,(H,12,13)(H,14,15). The number of carbonyl (C=O) groups excluding carboxylic acids is 1. The van der Waals surface area contributed by atoms with Gasteiger partial charge in [-0.05, 0) is 19.1 Å². The van der Waals surface area contributed by atoms with Crippen molar-refractivity contribution in [2.45, 2.75) is 11.9 Å². The number of carboxylic acid groups (broad SMARTS) is 1. The third-order valence-electron chi connectivity index (χ3n) is 2.15. The molecule has 0 saturated carbocycles. The van der Waals surface area contributed by atoms with Crippen molar-refractivity contribution in [2.24, 2.45) is 5.92 Å². The Labute approximate surface area is 104 Å². The van der Waals surface area contributed by atoms with Crippen LogP contribution in [0, 0.1) is 5.92 Å². The molecule has 1 amide bonds. The van der Waals surface area contributed by atoms with Crippen LogP contribution in [0.5, 0.6) is 0 Å². The van der Waals surface area contributed by atoms with Crippen LogP contribution in [0.25, 0.3) is 0 Å². The van der Waals surface area contributed by atoms with Crippen molar-refractivity contribution in [3.63, 3.8) is 0 Å². The number of pyridine rings is 1. The third-order valence-corrected chi connectivity index (χ3v) is 3.15. The summed E-state index contributed by atoms with van der Waals surface area (Å²) in [6, 6.07) is 2.58. The molecule has 0 aliphatic rings. The minimum atomic E-state index is -3.40. The monoisotopic (exact) mass is 272 g/mol. The third kappa shape index (κ3) is 3.52. The average molecular weight is 272 g/mol. The number of rotatable bonds is 4. The van der Waals surface area contributed by atoms with E-state index in [0.29, 0.717) is 0 Å². The zero-order valence-electron chi connectivity index (χ0n) is 9.75. The number of aliphatic carboxylic acids is 1. The van der Waals surface area contributed by atoms with E-state index in [4.69, 9.17) is 5.11 Å². The first-order valence-electron chi connectivity index (χ1n) is 4.91. The van der Waals surface area contributed by atoms with Crippen LogP contribution in [-0.4, -0.2) is 36.6 Å². The van der Waals surface area contributed by atoms with Gasteiger partial charge < -0.3 is 10.4 Å². The summed E-state index contributed by atoms with van der Waals surface area (Å²) in [5.74, 6) is -3.13. The molecule has 0 aromatic carbocycles. The van der Waals surface area contributed by atoms with E-state index in [1.807, 2.05) is 0 Å². The Hall–Kier alpha value is -1.96. The van der Waals surface area contributed by atoms with E-state index in [-0.39, 0.29) is 10.7 Å². The quantitative estimate of drug-likeness (QED) is 0.754. The van der Waals surface area contributed by atoms with Crippen molar-refractivity contribution >= 4 is 27.4 Å². The van der Waals surface area contributed by atoms with Crippen LogP contribution in [0.2, 0.25) is 0 Å². The molecule has 1 aromatic rings. The second-order valence-electron chi connectivity index (χ2n) is 3.71. The maximum atomic E-state index is 11.4. The Balaban J connectivity index is 2.82. The van der Waals surface area contributed by atoms with Gasteiger partial charge in [-0.2, -0.15) is 0 Å². The summed E-state index contributed by atoms with van der Waals surface area (Å²) < 4.78 is 22.3. The first kappa shape index (κ1) is 14.1. The molecular weight excluding hydrogens is 260 g/mol. The van der Waals surface area contributed by atoms with Crippen LogP contribution in [0.15, 0.2) is 23.4 Å². The van der Waals surface area contributed by atoms with Gasteiger partial charge in [-0.15, -0.1) is 0 Å². The molecule has 1 aromatic heterocycles. The zero-order valence-corrected chi connectivity index (χ0v) is 10.6. The van der Waals surface area contributed by atoms with Crippen LogP contribution in [0.4, 0.5) is 5.69 Å². The lowest BCUT2D eigenvalue weighted by atomic mass is 10.1. The number of nitrogens with zero attached hydrogens (tertiary/aromatic N) is 1. The summed E-state index contributed by atoms with van der Waals surface area (Å²) in [7, 11) is -3.40. The van der Waals surface area contributed by atoms with Crippen LogP contribution in [0.3, 0.4) is 0 Å². The number of hydrogen-bond donors (Lipinski definition) is 2. The van der Waals surface area contributed by atoms with Crippen LogP contribution < -0.4 is 5.32 Å². The summed E-state index contributed by atoms with van der Waals surface area (Å²) in [4.78, 5) is 25.6. The maximum absolute atomic E-state index is 11.4. The number of amides is 1. The van der Waals surface area contributed by atoms with Crippen LogP contribution >= 0.6 is 0 Å². The Bertz CT molecular complexity index is 564. The van der Waals surface area contributed by atoms with Gasteiger partial charge in [0.2, 0.25) is 5.91 Å². The van der Waals surface area contributed by atoms with E-state index in [2.05, 4.69) is 10.3 Å². The first-order valence-corrected chi connectivity index (χ1v) is 6.80. The van der Waals surface area contributed by atoms with Crippen molar-refractivity contribution in [2.75, 3.05) is 11.6 Å². The summed E-state index contributed by atoms with van der Waals surface area (Å²) in [6.07, 6.45) is 2.17. The van der Waals surface area contributed by atoms with E-state index in [1.54, 1.807) is 0 Å². The van der Waals surface area contributed by atoms with Crippen molar-refractivity contribution in [1.82, 2.24) is 4.98 Å². The van der Waals surface area contributed by atoms with Crippen molar-refractivity contribution in [3.8, 4) is 0 Å². The fourth-order valence-electron chi connectivity index (χ4n) is 1.04. The molecule has 0 spiro atoms. The SMILES string of the molecule is CC(C(=O)O)C(=O)Nc1ccc(S(C)(=O)=O)nc1. The smallest absolute Gasteiger partial charge is 0.315 e. The van der Waals surface area contributed by atoms with Crippen LogP contribution in [0.1, 0.15) is 6.92 Å². The zero-order chi connectivity index (χ0) is 13.9. The molecule has 0 radical (unpaired) electrons. The van der Waals surface area contributed by atoms with Gasteiger partial charge in [0.25, 0.3) is 0 Å². The molecule has 0 aliphatic heterocycles. The first-order chi connectivity index (χ1) is 8.21. The maximum Gasteiger partial charge on any atom is 0.315 e. The lowest BCUT2D eigenvalue weighted by Crippen LogP contribution is -2.26. The Morgan fingerprint density at radius 3 is 2.39 bits per heavy atom. The molecule has 1 rings (SSSR count). The summed E-state index contributed by atoms with van der Waals surface area (Å²) in [5, 5.41) is 10.8. The molecule has 0 aliphatic carbocycles. The Kier molecular flexibility index (Phi) is 4.02. The average Bonchev–Trinajstić information content (AvgIpc) is 2.27. The number of aromatic nitrogens is 1. The van der Waals surface area contributed by atoms with E-state index in [0.717, 1.165) is 12.5 Å². The minimum absolute atomic E-state index is 0.119. The predicted molar refractivity (Wildman–Crippen MR) is 62.8 cm³/mol. The second kappa shape index (κ2) is 5.13. The molecule has 98 valence electrons. The molecule has 0 saturated heterocycles. The summed E-state index contributed by atoms with van der Waals surface area (Å²) >= 11 is 0. The largest absolute Gasteiger partial charge is 0.481 e. The molecule has 1 unspecified atom stereocenters. The van der Waals surface area contributed by atoms with Crippen molar-refractivity contribution in [3.05, 3.63) is 18.3 Å². The molecule has 0 fully saturated rings. The number of hydrogen-bond acceptors (Lipinski definition) is 5. The van der Waals surface area contributed by atoms with Gasteiger partial charge in [-0.1, -0.05) is 0 Å². The fourth-order valence-corrected chi connectivity index (χ4v) is 1.60. The molecule has 1 heterocycles. The van der Waals surface area contributed by atoms with E-state index in [1.165, 1.54) is 19.1 Å². The molecule has 18 heavy (non-hydrogen) atoms. The highest BCUT2D eigenvalue weighted by atomic mass is 32.2. The molecule has 8 heteroatoms. The number of carboxylic acids is 1. The van der Waals surface area contributed by atoms with Gasteiger partial charge in [0.1, 0.15) is 5.92 Å². The number of carbonyl (C=O) groups is 2. The fraction of sp³-hybridized carbons (Fsp3) is 0.300. The number of anilines is 1. The molecule has 2 N–H and O–H groups in total. The van der Waals surface area contributed by atoms with Crippen molar-refractivity contribution in [1.29, 1.82) is 0 Å². The molecule has 0 bridgehead atoms. The summed E-state index contributed by atoms with van der Waals surface area (Å²) in [5.41, 5.74) is 0.237. The second-order valence-corrected chi connectivity index (χ2v) is 5.67. The molecule has 7 nitrogen and oxygen atoms in total. The topological polar surface area (TPSA) is 113 Å². The van der Waals surface area contributed by atoms with Gasteiger partial charge >= 0.3 is 5.97 Å². The van der Waals surface area contributed by atoms with E-state index >= 15 is 0 Å². The highest BCUT2D eigenvalue weighted by Gasteiger charge is 2.20. The molecule has 1 atom stereocenters. The Morgan fingerprint density at radius 2 is 2.00 bits per heavy atom. The molecular formula is C10H12N2O5S. The normalized spacial score (nSPS) is 12.8. The minimum Gasteiger partial charge on any atom is -0.481 e. The highest BCUT2D eigenvalue weighted by molar-refractivity contribution is 7.90. The number of nitrogens with one attached hydrogen (secondary N) is 1. The highest BCUT2D eigenvalue weighted by Crippen LogP contribution is 2.11. The van der Waals surface area contributed by atoms with Crippen molar-refractivity contribution < 1.29 is 23.1 Å². The van der Waals surface area contributed by atoms with Gasteiger partial charge in [-0.25, -0.2) is 13.4 Å². The summed E-state index contributed by atoms with van der Waals surface area (Å²) in [6.45, 7) is 1.25. The van der Waals surface area contributed by atoms with Gasteiger partial charge in [0.15, 0.2) is 14.9 Å². The Morgan fingerprint density at radius 1 is 1.39 bits per heavy atom. The lowest BCUT2D eigenvalue weighted by molar-refractivity contribution is -0.144. The van der Waals surface area contributed by atoms with Gasteiger partial charge in [0.05, 0.1) is 11.9 Å². The van der Waals surface area contributed by atoms with Crippen LogP contribution in [-0.2, 0) is 19.4 Å². The van der Waals surface area contributed by atoms with E-state index < -0.39 is 27.6 Å².